The van der Waals surface area contributed by atoms with Crippen molar-refractivity contribution in [2.75, 3.05) is 5.32 Å². The molecular weight excluding hydrogens is 208 g/mol. The van der Waals surface area contributed by atoms with E-state index in [1.54, 1.807) is 0 Å². The van der Waals surface area contributed by atoms with Gasteiger partial charge in [-0.3, -0.25) is 4.98 Å². The zero-order valence-electron chi connectivity index (χ0n) is 11.5. The van der Waals surface area contributed by atoms with E-state index in [0.29, 0.717) is 6.04 Å². The first-order valence-electron chi connectivity index (χ1n) is 6.76. The fourth-order valence-corrected chi connectivity index (χ4v) is 3.01. The van der Waals surface area contributed by atoms with Gasteiger partial charge < -0.3 is 5.32 Å². The molecule has 1 N–H and O–H groups in total. The van der Waals surface area contributed by atoms with Gasteiger partial charge in [0.2, 0.25) is 0 Å². The molecule has 0 saturated heterocycles. The first kappa shape index (κ1) is 12.4. The molecule has 17 heavy (non-hydrogen) atoms. The van der Waals surface area contributed by atoms with Gasteiger partial charge in [0.25, 0.3) is 0 Å². The highest BCUT2D eigenvalue weighted by atomic mass is 14.9. The molecule has 1 heterocycles. The van der Waals surface area contributed by atoms with E-state index in [4.69, 9.17) is 0 Å². The van der Waals surface area contributed by atoms with E-state index in [0.717, 1.165) is 23.2 Å². The van der Waals surface area contributed by atoms with Crippen LogP contribution in [0.1, 0.15) is 44.5 Å². The summed E-state index contributed by atoms with van der Waals surface area (Å²) in [5.74, 6) is 1.66. The Bertz CT molecular complexity index is 366. The Kier molecular flexibility index (Phi) is 3.70. The lowest BCUT2D eigenvalue weighted by Crippen LogP contribution is -2.33. The van der Waals surface area contributed by atoms with E-state index in [1.165, 1.54) is 24.9 Å². The van der Waals surface area contributed by atoms with Crippen molar-refractivity contribution in [3.63, 3.8) is 0 Å². The van der Waals surface area contributed by atoms with Crippen LogP contribution in [0.3, 0.4) is 0 Å². The number of nitrogens with one attached hydrogen (secondary N) is 1. The first-order valence-corrected chi connectivity index (χ1v) is 6.76. The van der Waals surface area contributed by atoms with Crippen LogP contribution >= 0.6 is 0 Å². The number of aryl methyl sites for hydroxylation is 2. The monoisotopic (exact) mass is 232 g/mol. The summed E-state index contributed by atoms with van der Waals surface area (Å²) in [5.41, 5.74) is 3.44. The molecule has 2 rings (SSSR count). The molecule has 1 aliphatic carbocycles. The van der Waals surface area contributed by atoms with E-state index in [2.05, 4.69) is 50.1 Å². The molecule has 0 spiro atoms. The van der Waals surface area contributed by atoms with Gasteiger partial charge in [0, 0.05) is 23.1 Å². The third kappa shape index (κ3) is 3.21. The van der Waals surface area contributed by atoms with Crippen LogP contribution in [0, 0.1) is 25.7 Å². The van der Waals surface area contributed by atoms with Crippen molar-refractivity contribution in [1.82, 2.24) is 4.98 Å². The second-order valence-corrected chi connectivity index (χ2v) is 5.78. The predicted octanol–water partition coefficient (Wildman–Crippen LogP) is 3.94. The molecule has 1 aromatic heterocycles. The highest BCUT2D eigenvalue weighted by Gasteiger charge is 2.25. The van der Waals surface area contributed by atoms with Crippen LogP contribution in [0.15, 0.2) is 12.1 Å². The van der Waals surface area contributed by atoms with Gasteiger partial charge in [-0.15, -0.1) is 0 Å². The van der Waals surface area contributed by atoms with Gasteiger partial charge in [0.1, 0.15) is 0 Å². The smallest absolute Gasteiger partial charge is 0.0396 e. The number of hydrogen-bond acceptors (Lipinski definition) is 2. The molecule has 0 amide bonds. The number of aromatic nitrogens is 1. The molecular formula is C15H24N2. The van der Waals surface area contributed by atoms with Gasteiger partial charge in [-0.25, -0.2) is 0 Å². The van der Waals surface area contributed by atoms with Crippen LogP contribution in [0.2, 0.25) is 0 Å². The van der Waals surface area contributed by atoms with Crippen LogP contribution in [0.25, 0.3) is 0 Å². The SMILES string of the molecule is Cc1cc(NC2CCC(C)CC2C)cc(C)n1. The lowest BCUT2D eigenvalue weighted by Gasteiger charge is -2.34. The van der Waals surface area contributed by atoms with Crippen molar-refractivity contribution >= 4 is 5.69 Å². The van der Waals surface area contributed by atoms with Gasteiger partial charge in [-0.05, 0) is 57.1 Å². The summed E-state index contributed by atoms with van der Waals surface area (Å²) in [6.45, 7) is 8.86. The van der Waals surface area contributed by atoms with Crippen molar-refractivity contribution in [3.8, 4) is 0 Å². The average molecular weight is 232 g/mol. The van der Waals surface area contributed by atoms with Gasteiger partial charge in [0.05, 0.1) is 0 Å². The fourth-order valence-electron chi connectivity index (χ4n) is 3.01. The lowest BCUT2D eigenvalue weighted by atomic mass is 9.80. The van der Waals surface area contributed by atoms with Gasteiger partial charge in [-0.2, -0.15) is 0 Å². The van der Waals surface area contributed by atoms with E-state index < -0.39 is 0 Å². The van der Waals surface area contributed by atoms with E-state index in [9.17, 15) is 0 Å². The summed E-state index contributed by atoms with van der Waals surface area (Å²) in [4.78, 5) is 4.42. The molecule has 3 unspecified atom stereocenters. The number of anilines is 1. The standard InChI is InChI=1S/C15H24N2/c1-10-5-6-15(11(2)7-10)17-14-8-12(3)16-13(4)9-14/h8-11,15H,5-7H2,1-4H3,(H,16,17). The maximum absolute atomic E-state index is 4.42. The minimum atomic E-state index is 0.632. The summed E-state index contributed by atoms with van der Waals surface area (Å²) in [6.07, 6.45) is 3.99. The molecule has 1 fully saturated rings. The third-order valence-corrected chi connectivity index (χ3v) is 3.87. The van der Waals surface area contributed by atoms with Crippen molar-refractivity contribution in [2.45, 2.75) is 53.0 Å². The molecule has 2 heteroatoms. The largest absolute Gasteiger partial charge is 0.382 e. The summed E-state index contributed by atoms with van der Waals surface area (Å²) >= 11 is 0. The zero-order valence-corrected chi connectivity index (χ0v) is 11.5. The van der Waals surface area contributed by atoms with Crippen molar-refractivity contribution in [2.24, 2.45) is 11.8 Å². The maximum Gasteiger partial charge on any atom is 0.0396 e. The van der Waals surface area contributed by atoms with Gasteiger partial charge in [0.15, 0.2) is 0 Å². The average Bonchev–Trinajstić information content (AvgIpc) is 2.21. The van der Waals surface area contributed by atoms with E-state index >= 15 is 0 Å². The Balaban J connectivity index is 2.05. The lowest BCUT2D eigenvalue weighted by molar-refractivity contribution is 0.276. The zero-order chi connectivity index (χ0) is 12.4. The van der Waals surface area contributed by atoms with E-state index in [1.807, 2.05) is 0 Å². The normalized spacial score (nSPS) is 29.1. The predicted molar refractivity (Wildman–Crippen MR) is 73.3 cm³/mol. The second kappa shape index (κ2) is 5.07. The Hall–Kier alpha value is -1.05. The number of nitrogens with zero attached hydrogens (tertiary/aromatic N) is 1. The van der Waals surface area contributed by atoms with Crippen molar-refractivity contribution in [3.05, 3.63) is 23.5 Å². The summed E-state index contributed by atoms with van der Waals surface area (Å²) < 4.78 is 0. The molecule has 2 nitrogen and oxygen atoms in total. The van der Waals surface area contributed by atoms with Crippen molar-refractivity contribution in [1.29, 1.82) is 0 Å². The van der Waals surface area contributed by atoms with Crippen molar-refractivity contribution < 1.29 is 0 Å². The Labute approximate surface area is 105 Å². The summed E-state index contributed by atoms with van der Waals surface area (Å²) in [6, 6.07) is 4.93. The van der Waals surface area contributed by atoms with Crippen LogP contribution in [-0.2, 0) is 0 Å². The Morgan fingerprint density at radius 1 is 1.12 bits per heavy atom. The third-order valence-electron chi connectivity index (χ3n) is 3.87. The van der Waals surface area contributed by atoms with Crippen LogP contribution in [0.4, 0.5) is 5.69 Å². The highest BCUT2D eigenvalue weighted by molar-refractivity contribution is 5.46. The molecule has 0 bridgehead atoms. The van der Waals surface area contributed by atoms with E-state index in [-0.39, 0.29) is 0 Å². The highest BCUT2D eigenvalue weighted by Crippen LogP contribution is 2.30. The number of rotatable bonds is 2. The number of hydrogen-bond donors (Lipinski definition) is 1. The van der Waals surface area contributed by atoms with Gasteiger partial charge in [-0.1, -0.05) is 13.8 Å². The fraction of sp³-hybridized carbons (Fsp3) is 0.667. The first-order chi connectivity index (χ1) is 8.04. The topological polar surface area (TPSA) is 24.9 Å². The molecule has 0 aromatic carbocycles. The minimum absolute atomic E-state index is 0.632. The molecule has 0 aliphatic heterocycles. The summed E-state index contributed by atoms with van der Waals surface area (Å²) in [5, 5.41) is 3.69. The molecule has 1 saturated carbocycles. The maximum atomic E-state index is 4.42. The molecule has 1 aliphatic rings. The summed E-state index contributed by atoms with van der Waals surface area (Å²) in [7, 11) is 0. The second-order valence-electron chi connectivity index (χ2n) is 5.78. The Morgan fingerprint density at radius 3 is 2.35 bits per heavy atom. The number of pyridine rings is 1. The molecule has 94 valence electrons. The molecule has 0 radical (unpaired) electrons. The van der Waals surface area contributed by atoms with Crippen LogP contribution in [0.5, 0.6) is 0 Å². The molecule has 1 aromatic rings. The quantitative estimate of drug-likeness (QED) is 0.835. The Morgan fingerprint density at radius 2 is 1.76 bits per heavy atom. The van der Waals surface area contributed by atoms with Crippen LogP contribution < -0.4 is 5.32 Å². The van der Waals surface area contributed by atoms with Crippen LogP contribution in [-0.4, -0.2) is 11.0 Å². The van der Waals surface area contributed by atoms with Gasteiger partial charge >= 0.3 is 0 Å². The minimum Gasteiger partial charge on any atom is -0.382 e. The molecule has 3 atom stereocenters.